The van der Waals surface area contributed by atoms with Gasteiger partial charge in [-0.3, -0.25) is 19.2 Å². The Morgan fingerprint density at radius 3 is 2.30 bits per heavy atom. The molecular formula is C32H26ClFN4O4S. The standard InChI is InChI=1S/C32H26ClFN4O4S/c1-19(30(40)37-27-16-6-5-13-23(27)29(35)39)43-22-12-7-11-21(17-22)36-32(42)28(18-24-25(33)14-8-15-26(24)34)38-31(41)20-9-3-2-4-10-20/h2-19H,1H3,(H2,35,39)(H,36,42)(H,37,40)(H,38,41)/b28-18+. The molecule has 4 amide bonds. The first-order chi connectivity index (χ1) is 20.6. The van der Waals surface area contributed by atoms with Crippen LogP contribution in [0.1, 0.15) is 33.2 Å². The monoisotopic (exact) mass is 616 g/mol. The Kier molecular flexibility index (Phi) is 10.3. The van der Waals surface area contributed by atoms with Gasteiger partial charge in [-0.2, -0.15) is 0 Å². The molecule has 0 radical (unpaired) electrons. The lowest BCUT2D eigenvalue weighted by molar-refractivity contribution is -0.115. The van der Waals surface area contributed by atoms with E-state index >= 15 is 0 Å². The molecule has 0 saturated heterocycles. The second-order valence-corrected chi connectivity index (χ2v) is 11.0. The fourth-order valence-electron chi connectivity index (χ4n) is 3.88. The van der Waals surface area contributed by atoms with Gasteiger partial charge in [0.15, 0.2) is 0 Å². The van der Waals surface area contributed by atoms with Crippen molar-refractivity contribution in [3.8, 4) is 0 Å². The molecule has 4 aromatic carbocycles. The van der Waals surface area contributed by atoms with Crippen LogP contribution in [0.4, 0.5) is 15.8 Å². The number of benzene rings is 4. The normalized spacial score (nSPS) is 11.7. The number of rotatable bonds is 10. The van der Waals surface area contributed by atoms with Gasteiger partial charge in [0.25, 0.3) is 17.7 Å². The Bertz CT molecular complexity index is 1690. The summed E-state index contributed by atoms with van der Waals surface area (Å²) in [6.45, 7) is 1.69. The fourth-order valence-corrected chi connectivity index (χ4v) is 5.02. The summed E-state index contributed by atoms with van der Waals surface area (Å²) in [6.07, 6.45) is 1.17. The van der Waals surface area contributed by atoms with Crippen molar-refractivity contribution in [1.29, 1.82) is 0 Å². The Labute approximate surface area is 256 Å². The molecule has 43 heavy (non-hydrogen) atoms. The number of halogens is 2. The van der Waals surface area contributed by atoms with Gasteiger partial charge >= 0.3 is 0 Å². The molecule has 11 heteroatoms. The van der Waals surface area contributed by atoms with Crippen molar-refractivity contribution in [3.05, 3.63) is 130 Å². The maximum atomic E-state index is 14.6. The summed E-state index contributed by atoms with van der Waals surface area (Å²) in [6, 6.07) is 25.5. The van der Waals surface area contributed by atoms with Gasteiger partial charge in [0.1, 0.15) is 11.5 Å². The summed E-state index contributed by atoms with van der Waals surface area (Å²) < 4.78 is 14.6. The molecule has 5 N–H and O–H groups in total. The zero-order valence-electron chi connectivity index (χ0n) is 22.8. The van der Waals surface area contributed by atoms with Crippen molar-refractivity contribution < 1.29 is 23.6 Å². The third kappa shape index (κ3) is 8.31. The van der Waals surface area contributed by atoms with E-state index < -0.39 is 28.8 Å². The van der Waals surface area contributed by atoms with Gasteiger partial charge in [-0.1, -0.05) is 54.1 Å². The maximum Gasteiger partial charge on any atom is 0.272 e. The van der Waals surface area contributed by atoms with Gasteiger partial charge in [0, 0.05) is 21.7 Å². The molecule has 1 atom stereocenters. The quantitative estimate of drug-likeness (QED) is 0.126. The summed E-state index contributed by atoms with van der Waals surface area (Å²) in [5.41, 5.74) is 6.25. The topological polar surface area (TPSA) is 130 Å². The number of thioether (sulfide) groups is 1. The number of carbonyl (C=O) groups excluding carboxylic acids is 4. The highest BCUT2D eigenvalue weighted by Crippen LogP contribution is 2.28. The van der Waals surface area contributed by atoms with E-state index in [4.69, 9.17) is 17.3 Å². The van der Waals surface area contributed by atoms with Crippen molar-refractivity contribution in [2.75, 3.05) is 10.6 Å². The van der Waals surface area contributed by atoms with Gasteiger partial charge in [0.05, 0.1) is 21.5 Å². The summed E-state index contributed by atoms with van der Waals surface area (Å²) in [5.74, 6) is -2.99. The molecule has 0 fully saturated rings. The lowest BCUT2D eigenvalue weighted by Crippen LogP contribution is -2.30. The first-order valence-corrected chi connectivity index (χ1v) is 14.2. The number of primary amides is 1. The zero-order chi connectivity index (χ0) is 30.9. The van der Waals surface area contributed by atoms with Gasteiger partial charge in [-0.25, -0.2) is 4.39 Å². The number of nitrogens with two attached hydrogens (primary N) is 1. The van der Waals surface area contributed by atoms with Crippen molar-refractivity contribution in [3.63, 3.8) is 0 Å². The van der Waals surface area contributed by atoms with E-state index in [2.05, 4.69) is 16.0 Å². The van der Waals surface area contributed by atoms with Gasteiger partial charge in [0.2, 0.25) is 5.91 Å². The average molecular weight is 617 g/mol. The molecule has 0 spiro atoms. The lowest BCUT2D eigenvalue weighted by Gasteiger charge is -2.15. The molecule has 4 aromatic rings. The molecule has 0 bridgehead atoms. The number of amides is 4. The summed E-state index contributed by atoms with van der Waals surface area (Å²) in [7, 11) is 0. The molecular weight excluding hydrogens is 591 g/mol. The van der Waals surface area contributed by atoms with Crippen molar-refractivity contribution >= 4 is 64.4 Å². The molecule has 1 unspecified atom stereocenters. The lowest BCUT2D eigenvalue weighted by atomic mass is 10.1. The van der Waals surface area contributed by atoms with Crippen LogP contribution in [0.5, 0.6) is 0 Å². The SMILES string of the molecule is CC(Sc1cccc(NC(=O)/C(=C\c2c(F)cccc2Cl)NC(=O)c2ccccc2)c1)C(=O)Nc1ccccc1C(N)=O. The number of para-hydroxylation sites is 1. The Hall–Kier alpha value is -4.93. The van der Waals surface area contributed by atoms with Gasteiger partial charge in [-0.05, 0) is 67.6 Å². The number of carbonyl (C=O) groups is 4. The highest BCUT2D eigenvalue weighted by Gasteiger charge is 2.19. The molecule has 0 aliphatic carbocycles. The number of hydrogen-bond donors (Lipinski definition) is 4. The highest BCUT2D eigenvalue weighted by atomic mass is 35.5. The molecule has 218 valence electrons. The van der Waals surface area contributed by atoms with Crippen LogP contribution < -0.4 is 21.7 Å². The van der Waals surface area contributed by atoms with E-state index in [-0.39, 0.29) is 27.8 Å². The second kappa shape index (κ2) is 14.3. The van der Waals surface area contributed by atoms with E-state index in [1.54, 1.807) is 79.7 Å². The van der Waals surface area contributed by atoms with Gasteiger partial charge in [-0.15, -0.1) is 11.8 Å². The van der Waals surface area contributed by atoms with E-state index in [0.717, 1.165) is 0 Å². The Morgan fingerprint density at radius 1 is 0.884 bits per heavy atom. The third-order valence-electron chi connectivity index (χ3n) is 6.04. The van der Waals surface area contributed by atoms with Crippen molar-refractivity contribution in [2.24, 2.45) is 5.73 Å². The molecule has 0 aliphatic rings. The van der Waals surface area contributed by atoms with Crippen LogP contribution in [-0.2, 0) is 9.59 Å². The Morgan fingerprint density at radius 2 is 1.58 bits per heavy atom. The van der Waals surface area contributed by atoms with Crippen LogP contribution in [-0.4, -0.2) is 28.9 Å². The minimum Gasteiger partial charge on any atom is -0.366 e. The molecule has 8 nitrogen and oxygen atoms in total. The van der Waals surface area contributed by atoms with Crippen LogP contribution in [0, 0.1) is 5.82 Å². The number of nitrogens with one attached hydrogen (secondary N) is 3. The summed E-state index contributed by atoms with van der Waals surface area (Å²) >= 11 is 7.39. The molecule has 4 rings (SSSR count). The minimum atomic E-state index is -0.723. The first kappa shape index (κ1) is 31.0. The van der Waals surface area contributed by atoms with Crippen LogP contribution in [0.2, 0.25) is 5.02 Å². The van der Waals surface area contributed by atoms with Crippen LogP contribution in [0.3, 0.4) is 0 Å². The molecule has 0 aliphatic heterocycles. The predicted molar refractivity (Wildman–Crippen MR) is 167 cm³/mol. The van der Waals surface area contributed by atoms with Crippen LogP contribution in [0.25, 0.3) is 6.08 Å². The maximum absolute atomic E-state index is 14.6. The van der Waals surface area contributed by atoms with E-state index in [0.29, 0.717) is 21.8 Å². The van der Waals surface area contributed by atoms with E-state index in [9.17, 15) is 23.6 Å². The van der Waals surface area contributed by atoms with Crippen molar-refractivity contribution in [2.45, 2.75) is 17.1 Å². The van der Waals surface area contributed by atoms with Crippen LogP contribution in [0.15, 0.2) is 108 Å². The minimum absolute atomic E-state index is 0.0587. The number of anilines is 2. The summed E-state index contributed by atoms with van der Waals surface area (Å²) in [4.78, 5) is 51.4. The smallest absolute Gasteiger partial charge is 0.272 e. The van der Waals surface area contributed by atoms with Crippen molar-refractivity contribution in [1.82, 2.24) is 5.32 Å². The molecule has 0 saturated carbocycles. The van der Waals surface area contributed by atoms with Gasteiger partial charge < -0.3 is 21.7 Å². The van der Waals surface area contributed by atoms with E-state index in [1.807, 2.05) is 0 Å². The van der Waals surface area contributed by atoms with E-state index in [1.165, 1.54) is 42.1 Å². The number of hydrogen-bond acceptors (Lipinski definition) is 5. The summed E-state index contributed by atoms with van der Waals surface area (Å²) in [5, 5.41) is 7.44. The van der Waals surface area contributed by atoms with Crippen LogP contribution >= 0.6 is 23.4 Å². The highest BCUT2D eigenvalue weighted by molar-refractivity contribution is 8.00. The second-order valence-electron chi connectivity index (χ2n) is 9.15. The first-order valence-electron chi connectivity index (χ1n) is 12.9. The third-order valence-corrected chi connectivity index (χ3v) is 7.46. The predicted octanol–water partition coefficient (Wildman–Crippen LogP) is 6.11. The zero-order valence-corrected chi connectivity index (χ0v) is 24.3. The largest absolute Gasteiger partial charge is 0.366 e. The fraction of sp³-hybridized carbons (Fsp3) is 0.0625. The Balaban J connectivity index is 1.51. The average Bonchev–Trinajstić information content (AvgIpc) is 2.99. The molecule has 0 aromatic heterocycles. The molecule has 0 heterocycles.